The second-order valence-corrected chi connectivity index (χ2v) is 6.59. The third-order valence-corrected chi connectivity index (χ3v) is 4.60. The molecule has 1 saturated heterocycles. The molecule has 3 rings (SSSR count). The van der Waals surface area contributed by atoms with Crippen LogP contribution >= 0.6 is 11.6 Å². The Labute approximate surface area is 149 Å². The van der Waals surface area contributed by atoms with E-state index < -0.39 is 23.9 Å². The summed E-state index contributed by atoms with van der Waals surface area (Å²) < 4.78 is 10.9. The summed E-state index contributed by atoms with van der Waals surface area (Å²) in [5.41, 5.74) is -0.0157. The van der Waals surface area contributed by atoms with Gasteiger partial charge in [0.05, 0.1) is 17.2 Å². The summed E-state index contributed by atoms with van der Waals surface area (Å²) >= 11 is 6.09. The van der Waals surface area contributed by atoms with Crippen LogP contribution in [0, 0.1) is 0 Å². The van der Waals surface area contributed by atoms with Gasteiger partial charge in [0.1, 0.15) is 29.3 Å². The van der Waals surface area contributed by atoms with E-state index in [1.165, 1.54) is 6.08 Å². The van der Waals surface area contributed by atoms with E-state index in [4.69, 9.17) is 21.1 Å². The van der Waals surface area contributed by atoms with Crippen LogP contribution in [0.15, 0.2) is 30.4 Å². The van der Waals surface area contributed by atoms with Crippen molar-refractivity contribution in [2.24, 2.45) is 0 Å². The molecule has 2 aliphatic rings. The molecular weight excluding hydrogens is 348 g/mol. The van der Waals surface area contributed by atoms with Crippen molar-refractivity contribution in [3.63, 3.8) is 0 Å². The summed E-state index contributed by atoms with van der Waals surface area (Å²) in [5.74, 6) is -1.58. The minimum atomic E-state index is -0.966. The van der Waals surface area contributed by atoms with Gasteiger partial charge in [0.15, 0.2) is 0 Å². The van der Waals surface area contributed by atoms with Crippen LogP contribution in [0.25, 0.3) is 0 Å². The van der Waals surface area contributed by atoms with Gasteiger partial charge < -0.3 is 24.8 Å². The van der Waals surface area contributed by atoms with Crippen LogP contribution in [-0.2, 0) is 15.9 Å². The van der Waals surface area contributed by atoms with E-state index in [-0.39, 0.29) is 40.5 Å². The first-order valence-corrected chi connectivity index (χ1v) is 8.37. The first-order chi connectivity index (χ1) is 11.9. The number of phenolic OH excluding ortho intramolecular Hbond substituents is 2. The van der Waals surface area contributed by atoms with Crippen LogP contribution in [0.2, 0.25) is 5.02 Å². The fourth-order valence-electron chi connectivity index (χ4n) is 2.88. The highest BCUT2D eigenvalue weighted by Gasteiger charge is 2.38. The van der Waals surface area contributed by atoms with Gasteiger partial charge in [-0.1, -0.05) is 35.9 Å². The number of cyclic esters (lactones) is 1. The van der Waals surface area contributed by atoms with Crippen molar-refractivity contribution in [2.75, 3.05) is 0 Å². The topological polar surface area (TPSA) is 99.5 Å². The fourth-order valence-corrected chi connectivity index (χ4v) is 3.11. The van der Waals surface area contributed by atoms with Crippen LogP contribution in [-0.4, -0.2) is 45.7 Å². The smallest absolute Gasteiger partial charge is 0.342 e. The number of fused-ring (bicyclic) bond motifs is 2. The Balaban J connectivity index is 2.00. The maximum atomic E-state index is 12.5. The van der Waals surface area contributed by atoms with Crippen LogP contribution < -0.4 is 0 Å². The Morgan fingerprint density at radius 1 is 1.20 bits per heavy atom. The van der Waals surface area contributed by atoms with Crippen molar-refractivity contribution in [3.05, 3.63) is 46.5 Å². The molecule has 3 N–H and O–H groups in total. The number of phenols is 2. The quantitative estimate of drug-likeness (QED) is 0.482. The third-order valence-electron chi connectivity index (χ3n) is 4.18. The van der Waals surface area contributed by atoms with E-state index in [0.717, 1.165) is 6.07 Å². The number of hydrogen-bond donors (Lipinski definition) is 3. The minimum absolute atomic E-state index is 0.0297. The number of hydrogen-bond acceptors (Lipinski definition) is 6. The molecule has 134 valence electrons. The summed E-state index contributed by atoms with van der Waals surface area (Å²) in [6, 6.07) is 0.987. The largest absolute Gasteiger partial charge is 0.507 e. The maximum absolute atomic E-state index is 12.5. The molecule has 6 nitrogen and oxygen atoms in total. The van der Waals surface area contributed by atoms with Gasteiger partial charge in [0.2, 0.25) is 0 Å². The van der Waals surface area contributed by atoms with Gasteiger partial charge in [-0.05, 0) is 12.5 Å². The van der Waals surface area contributed by atoms with Gasteiger partial charge >= 0.3 is 5.97 Å². The Kier molecular flexibility index (Phi) is 5.03. The lowest BCUT2D eigenvalue weighted by Gasteiger charge is -2.18. The highest BCUT2D eigenvalue weighted by molar-refractivity contribution is 6.33. The second kappa shape index (κ2) is 7.07. The molecule has 7 heteroatoms. The van der Waals surface area contributed by atoms with Crippen molar-refractivity contribution in [3.8, 4) is 11.5 Å². The summed E-state index contributed by atoms with van der Waals surface area (Å²) in [6.45, 7) is 1.74. The molecule has 1 aromatic rings. The standard InChI is InChI=1S/C18H19ClO6/c1-9-6-15-14(25-15)5-3-2-4-10(20)7-11-16(18(23)24-9)12(21)8-13(22)17(11)19/h2-5,8-10,14-15,20-22H,6-7H2,1H3/t9-,10+,14+,15+/m1/s1. The first-order valence-electron chi connectivity index (χ1n) is 7.99. The third kappa shape index (κ3) is 3.98. The molecule has 0 aliphatic carbocycles. The lowest BCUT2D eigenvalue weighted by Crippen LogP contribution is -2.20. The Morgan fingerprint density at radius 2 is 1.92 bits per heavy atom. The van der Waals surface area contributed by atoms with Crippen molar-refractivity contribution >= 4 is 17.6 Å². The number of carbonyl (C=O) groups is 1. The van der Waals surface area contributed by atoms with Crippen LogP contribution in [0.5, 0.6) is 11.5 Å². The number of benzene rings is 1. The van der Waals surface area contributed by atoms with Crippen LogP contribution in [0.4, 0.5) is 0 Å². The molecule has 0 bridgehead atoms. The number of allylic oxidation sites excluding steroid dienone is 2. The molecule has 1 aromatic carbocycles. The van der Waals surface area contributed by atoms with E-state index in [1.807, 2.05) is 6.08 Å². The van der Waals surface area contributed by atoms with Crippen molar-refractivity contribution < 1.29 is 29.6 Å². The first kappa shape index (κ1) is 17.8. The highest BCUT2D eigenvalue weighted by Crippen LogP contribution is 2.38. The maximum Gasteiger partial charge on any atom is 0.342 e. The van der Waals surface area contributed by atoms with Gasteiger partial charge in [-0.2, -0.15) is 0 Å². The number of carbonyl (C=O) groups excluding carboxylic acids is 1. The zero-order valence-electron chi connectivity index (χ0n) is 13.6. The predicted octanol–water partition coefficient (Wildman–Crippen LogP) is 2.48. The normalized spacial score (nSPS) is 29.3. The van der Waals surface area contributed by atoms with Gasteiger partial charge in [-0.25, -0.2) is 4.79 Å². The summed E-state index contributed by atoms with van der Waals surface area (Å²) in [6.07, 6.45) is 5.84. The van der Waals surface area contributed by atoms with Gasteiger partial charge in [0.25, 0.3) is 0 Å². The van der Waals surface area contributed by atoms with E-state index in [1.54, 1.807) is 19.1 Å². The van der Waals surface area contributed by atoms with Crippen molar-refractivity contribution in [1.29, 1.82) is 0 Å². The van der Waals surface area contributed by atoms with Gasteiger partial charge in [-0.15, -0.1) is 0 Å². The molecule has 0 aromatic heterocycles. The SMILES string of the molecule is C[C@@H]1C[C@@H]2O[C@H]2C=CC=C[C@H](O)Cc2c(Cl)c(O)cc(O)c2C(=O)O1. The van der Waals surface area contributed by atoms with Crippen molar-refractivity contribution in [1.82, 2.24) is 0 Å². The molecule has 25 heavy (non-hydrogen) atoms. The fraction of sp³-hybridized carbons (Fsp3) is 0.389. The Morgan fingerprint density at radius 3 is 2.68 bits per heavy atom. The molecule has 0 unspecified atom stereocenters. The molecule has 0 saturated carbocycles. The van der Waals surface area contributed by atoms with Crippen LogP contribution in [0.1, 0.15) is 29.3 Å². The molecule has 2 heterocycles. The Bertz CT molecular complexity index is 742. The number of rotatable bonds is 0. The van der Waals surface area contributed by atoms with Gasteiger partial charge in [0, 0.05) is 18.9 Å². The summed E-state index contributed by atoms with van der Waals surface area (Å²) in [5, 5.41) is 30.0. The molecular formula is C18H19ClO6. The lowest BCUT2D eigenvalue weighted by atomic mass is 9.99. The Hall–Kier alpha value is -2.02. The number of aliphatic hydroxyl groups is 1. The monoisotopic (exact) mass is 366 g/mol. The molecule has 4 atom stereocenters. The summed E-state index contributed by atoms with van der Waals surface area (Å²) in [4.78, 5) is 12.5. The second-order valence-electron chi connectivity index (χ2n) is 6.21. The number of esters is 1. The molecule has 2 aliphatic heterocycles. The van der Waals surface area contributed by atoms with E-state index >= 15 is 0 Å². The van der Waals surface area contributed by atoms with E-state index in [0.29, 0.717) is 6.42 Å². The molecule has 1 fully saturated rings. The molecule has 0 amide bonds. The number of ether oxygens (including phenoxy) is 2. The number of epoxide rings is 1. The average molecular weight is 367 g/mol. The van der Waals surface area contributed by atoms with Crippen LogP contribution in [0.3, 0.4) is 0 Å². The van der Waals surface area contributed by atoms with E-state index in [9.17, 15) is 20.1 Å². The lowest BCUT2D eigenvalue weighted by molar-refractivity contribution is 0.0305. The van der Waals surface area contributed by atoms with E-state index in [2.05, 4.69) is 0 Å². The number of aliphatic hydroxyl groups excluding tert-OH is 1. The number of halogens is 1. The zero-order chi connectivity index (χ0) is 18.1. The highest BCUT2D eigenvalue weighted by atomic mass is 35.5. The zero-order valence-corrected chi connectivity index (χ0v) is 14.3. The number of aromatic hydroxyl groups is 2. The van der Waals surface area contributed by atoms with Crippen molar-refractivity contribution in [2.45, 2.75) is 44.2 Å². The molecule has 0 spiro atoms. The predicted molar refractivity (Wildman–Crippen MR) is 90.9 cm³/mol. The molecule has 0 radical (unpaired) electrons. The van der Waals surface area contributed by atoms with Gasteiger partial charge in [-0.3, -0.25) is 0 Å². The average Bonchev–Trinajstić information content (AvgIpc) is 3.25. The summed E-state index contributed by atoms with van der Waals surface area (Å²) in [7, 11) is 0. The minimum Gasteiger partial charge on any atom is -0.507 e.